The monoisotopic (exact) mass is 406 g/mol. The summed E-state index contributed by atoms with van der Waals surface area (Å²) in [6, 6.07) is 15.8. The Morgan fingerprint density at radius 1 is 0.967 bits per heavy atom. The molecule has 1 aliphatic carbocycles. The third-order valence-corrected chi connectivity index (χ3v) is 6.24. The molecule has 0 bridgehead atoms. The minimum absolute atomic E-state index is 0.0200. The van der Waals surface area contributed by atoms with E-state index >= 15 is 0 Å². The SMILES string of the molecule is Cc1ccc(CC(=O)N(Cc2ccccc2)[C@@H](C)C(=O)NC2CCCCC2)cc1C. The molecule has 0 aliphatic heterocycles. The normalized spacial score (nSPS) is 15.4. The molecule has 2 amide bonds. The van der Waals surface area contributed by atoms with Crippen LogP contribution in [0.3, 0.4) is 0 Å². The fraction of sp³-hybridized carbons (Fsp3) is 0.462. The fourth-order valence-corrected chi connectivity index (χ4v) is 4.12. The molecule has 4 nitrogen and oxygen atoms in total. The zero-order chi connectivity index (χ0) is 21.5. The Morgan fingerprint density at radius 2 is 1.67 bits per heavy atom. The Labute approximate surface area is 180 Å². The minimum Gasteiger partial charge on any atom is -0.352 e. The molecule has 3 rings (SSSR count). The van der Waals surface area contributed by atoms with Gasteiger partial charge in [0.15, 0.2) is 0 Å². The highest BCUT2D eigenvalue weighted by Gasteiger charge is 2.28. The van der Waals surface area contributed by atoms with Crippen molar-refractivity contribution in [3.8, 4) is 0 Å². The molecule has 2 aromatic carbocycles. The third kappa shape index (κ3) is 5.94. The van der Waals surface area contributed by atoms with E-state index in [1.807, 2.05) is 43.3 Å². The molecule has 1 aliphatic rings. The van der Waals surface area contributed by atoms with Crippen LogP contribution < -0.4 is 5.32 Å². The topological polar surface area (TPSA) is 49.4 Å². The molecule has 160 valence electrons. The van der Waals surface area contributed by atoms with Crippen LogP contribution in [0.4, 0.5) is 0 Å². The molecule has 1 saturated carbocycles. The Kier molecular flexibility index (Phi) is 7.67. The summed E-state index contributed by atoms with van der Waals surface area (Å²) in [5.74, 6) is -0.0698. The fourth-order valence-electron chi connectivity index (χ4n) is 4.12. The average molecular weight is 407 g/mol. The first-order chi connectivity index (χ1) is 14.4. The second kappa shape index (κ2) is 10.4. The number of nitrogens with one attached hydrogen (secondary N) is 1. The molecule has 1 fully saturated rings. The molecular weight excluding hydrogens is 372 g/mol. The molecule has 0 aromatic heterocycles. The maximum Gasteiger partial charge on any atom is 0.242 e. The van der Waals surface area contributed by atoms with E-state index < -0.39 is 6.04 Å². The van der Waals surface area contributed by atoms with Gasteiger partial charge in [0.1, 0.15) is 6.04 Å². The lowest BCUT2D eigenvalue weighted by Crippen LogP contribution is -2.50. The van der Waals surface area contributed by atoms with Crippen LogP contribution in [0.2, 0.25) is 0 Å². The van der Waals surface area contributed by atoms with E-state index in [1.165, 1.54) is 30.4 Å². The van der Waals surface area contributed by atoms with Gasteiger partial charge in [-0.15, -0.1) is 0 Å². The molecular formula is C26H34N2O2. The molecule has 0 saturated heterocycles. The predicted molar refractivity (Wildman–Crippen MR) is 121 cm³/mol. The first-order valence-electron chi connectivity index (χ1n) is 11.1. The van der Waals surface area contributed by atoms with Crippen molar-refractivity contribution in [2.24, 2.45) is 0 Å². The molecule has 0 spiro atoms. The number of benzene rings is 2. The van der Waals surface area contributed by atoms with E-state index in [4.69, 9.17) is 0 Å². The summed E-state index contributed by atoms with van der Waals surface area (Å²) >= 11 is 0. The number of carbonyl (C=O) groups excluding carboxylic acids is 2. The van der Waals surface area contributed by atoms with Crippen LogP contribution in [0.15, 0.2) is 48.5 Å². The van der Waals surface area contributed by atoms with E-state index in [2.05, 4.69) is 31.3 Å². The van der Waals surface area contributed by atoms with Gasteiger partial charge >= 0.3 is 0 Å². The van der Waals surface area contributed by atoms with E-state index in [0.717, 1.165) is 24.0 Å². The third-order valence-electron chi connectivity index (χ3n) is 6.24. The van der Waals surface area contributed by atoms with Gasteiger partial charge in [0.25, 0.3) is 0 Å². The van der Waals surface area contributed by atoms with Gasteiger partial charge in [0.2, 0.25) is 11.8 Å². The largest absolute Gasteiger partial charge is 0.352 e. The Hall–Kier alpha value is -2.62. The van der Waals surface area contributed by atoms with E-state index in [0.29, 0.717) is 13.0 Å². The van der Waals surface area contributed by atoms with Crippen LogP contribution in [0.5, 0.6) is 0 Å². The van der Waals surface area contributed by atoms with Gasteiger partial charge in [-0.2, -0.15) is 0 Å². The van der Waals surface area contributed by atoms with Gasteiger partial charge < -0.3 is 10.2 Å². The van der Waals surface area contributed by atoms with Crippen molar-refractivity contribution in [3.63, 3.8) is 0 Å². The summed E-state index contributed by atoms with van der Waals surface area (Å²) in [5.41, 5.74) is 4.41. The maximum absolute atomic E-state index is 13.3. The van der Waals surface area contributed by atoms with Gasteiger partial charge in [-0.1, -0.05) is 67.8 Å². The highest BCUT2D eigenvalue weighted by atomic mass is 16.2. The first kappa shape index (κ1) is 22.1. The summed E-state index contributed by atoms with van der Waals surface area (Å²) in [6.07, 6.45) is 5.95. The zero-order valence-electron chi connectivity index (χ0n) is 18.5. The van der Waals surface area contributed by atoms with Gasteiger partial charge in [-0.05, 0) is 55.9 Å². The van der Waals surface area contributed by atoms with Crippen molar-refractivity contribution < 1.29 is 9.59 Å². The smallest absolute Gasteiger partial charge is 0.242 e. The van der Waals surface area contributed by atoms with E-state index in [-0.39, 0.29) is 17.9 Å². The van der Waals surface area contributed by atoms with Crippen molar-refractivity contribution in [2.75, 3.05) is 0 Å². The molecule has 1 atom stereocenters. The van der Waals surface area contributed by atoms with Crippen LogP contribution in [-0.2, 0) is 22.6 Å². The highest BCUT2D eigenvalue weighted by molar-refractivity contribution is 5.88. The summed E-state index contributed by atoms with van der Waals surface area (Å²) in [5, 5.41) is 3.19. The number of carbonyl (C=O) groups is 2. The molecule has 30 heavy (non-hydrogen) atoms. The average Bonchev–Trinajstić information content (AvgIpc) is 2.75. The molecule has 0 radical (unpaired) electrons. The Balaban J connectivity index is 1.75. The summed E-state index contributed by atoms with van der Waals surface area (Å²) in [7, 11) is 0. The quantitative estimate of drug-likeness (QED) is 0.724. The molecule has 0 heterocycles. The first-order valence-corrected chi connectivity index (χ1v) is 11.1. The lowest BCUT2D eigenvalue weighted by molar-refractivity contribution is -0.140. The zero-order valence-corrected chi connectivity index (χ0v) is 18.5. The van der Waals surface area contributed by atoms with Crippen molar-refractivity contribution >= 4 is 11.8 Å². The van der Waals surface area contributed by atoms with Crippen molar-refractivity contribution in [1.82, 2.24) is 10.2 Å². The number of hydrogen-bond donors (Lipinski definition) is 1. The minimum atomic E-state index is -0.508. The van der Waals surface area contributed by atoms with Crippen LogP contribution in [0, 0.1) is 13.8 Å². The van der Waals surface area contributed by atoms with E-state index in [1.54, 1.807) is 4.90 Å². The molecule has 0 unspecified atom stereocenters. The van der Waals surface area contributed by atoms with Crippen molar-refractivity contribution in [2.45, 2.75) is 77.9 Å². The molecule has 1 N–H and O–H groups in total. The second-order valence-electron chi connectivity index (χ2n) is 8.62. The highest BCUT2D eigenvalue weighted by Crippen LogP contribution is 2.19. The standard InChI is InChI=1S/C26H34N2O2/c1-19-14-15-23(16-20(19)2)17-25(29)28(18-22-10-6-4-7-11-22)21(3)26(30)27-24-12-8-5-9-13-24/h4,6-7,10-11,14-16,21,24H,5,8-9,12-13,17-18H2,1-3H3,(H,27,30)/t21-/m0/s1. The number of aryl methyl sites for hydroxylation is 2. The Bertz CT molecular complexity index is 857. The van der Waals surface area contributed by atoms with Crippen molar-refractivity contribution in [3.05, 3.63) is 70.8 Å². The lowest BCUT2D eigenvalue weighted by atomic mass is 9.95. The number of rotatable bonds is 7. The van der Waals surface area contributed by atoms with E-state index in [9.17, 15) is 9.59 Å². The van der Waals surface area contributed by atoms with Crippen LogP contribution in [0.25, 0.3) is 0 Å². The number of amides is 2. The molecule has 4 heteroatoms. The summed E-state index contributed by atoms with van der Waals surface area (Å²) < 4.78 is 0. The second-order valence-corrected chi connectivity index (χ2v) is 8.62. The Morgan fingerprint density at radius 3 is 2.33 bits per heavy atom. The summed E-state index contributed by atoms with van der Waals surface area (Å²) in [4.78, 5) is 28.0. The van der Waals surface area contributed by atoms with Gasteiger partial charge in [0.05, 0.1) is 6.42 Å². The molecule has 2 aromatic rings. The number of hydrogen-bond acceptors (Lipinski definition) is 2. The van der Waals surface area contributed by atoms with Gasteiger partial charge in [0, 0.05) is 12.6 Å². The van der Waals surface area contributed by atoms with Gasteiger partial charge in [-0.3, -0.25) is 9.59 Å². The van der Waals surface area contributed by atoms with Crippen LogP contribution >= 0.6 is 0 Å². The van der Waals surface area contributed by atoms with Crippen LogP contribution in [0.1, 0.15) is 61.3 Å². The maximum atomic E-state index is 13.3. The predicted octanol–water partition coefficient (Wildman–Crippen LogP) is 4.71. The summed E-state index contributed by atoms with van der Waals surface area (Å²) in [6.45, 7) is 6.41. The van der Waals surface area contributed by atoms with Crippen molar-refractivity contribution in [1.29, 1.82) is 0 Å². The lowest BCUT2D eigenvalue weighted by Gasteiger charge is -2.31. The van der Waals surface area contributed by atoms with Crippen LogP contribution in [-0.4, -0.2) is 28.8 Å². The number of nitrogens with zero attached hydrogens (tertiary/aromatic N) is 1. The van der Waals surface area contributed by atoms with Gasteiger partial charge in [-0.25, -0.2) is 0 Å².